The molecule has 1 nitrogen and oxygen atoms in total. The third kappa shape index (κ3) is 3.48. The Hall–Kier alpha value is -1.31. The van der Waals surface area contributed by atoms with Crippen LogP contribution in [-0.4, -0.2) is 6.04 Å². The van der Waals surface area contributed by atoms with E-state index in [1.165, 1.54) is 29.5 Å². The number of hydrogen-bond acceptors (Lipinski definition) is 1. The summed E-state index contributed by atoms with van der Waals surface area (Å²) >= 11 is 6.07. The number of aryl methyl sites for hydroxylation is 1. The molecule has 1 atom stereocenters. The topological polar surface area (TPSA) is 12.0 Å². The highest BCUT2D eigenvalue weighted by molar-refractivity contribution is 6.30. The summed E-state index contributed by atoms with van der Waals surface area (Å²) in [6.45, 7) is 4.40. The highest BCUT2D eigenvalue weighted by Gasteiger charge is 2.31. The van der Waals surface area contributed by atoms with Crippen LogP contribution in [0.15, 0.2) is 48.5 Å². The molecule has 0 unspecified atom stereocenters. The van der Waals surface area contributed by atoms with Gasteiger partial charge in [0, 0.05) is 17.1 Å². The Bertz CT molecular complexity index is 616. The second kappa shape index (κ2) is 6.21. The van der Waals surface area contributed by atoms with Crippen molar-refractivity contribution in [3.8, 4) is 0 Å². The Balaban J connectivity index is 1.55. The number of hydrogen-bond donors (Lipinski definition) is 1. The lowest BCUT2D eigenvalue weighted by Gasteiger charge is -2.38. The Morgan fingerprint density at radius 1 is 1.10 bits per heavy atom. The van der Waals surface area contributed by atoms with E-state index in [-0.39, 0.29) is 0 Å². The standard InChI is InChI=1S/C19H22ClN/c1-13-5-3-6-15(9-13)14(2)21-19-11-17(12-19)16-7-4-8-18(20)10-16/h3-10,14,17,19,21H,11-12H2,1-2H3/t14-,17?,19?/m1/s1. The molecular weight excluding hydrogens is 278 g/mol. The van der Waals surface area contributed by atoms with E-state index >= 15 is 0 Å². The molecule has 21 heavy (non-hydrogen) atoms. The number of rotatable bonds is 4. The van der Waals surface area contributed by atoms with Gasteiger partial charge < -0.3 is 5.32 Å². The first-order valence-corrected chi connectivity index (χ1v) is 8.07. The molecule has 2 aromatic rings. The first kappa shape index (κ1) is 14.6. The first-order valence-electron chi connectivity index (χ1n) is 7.70. The molecule has 110 valence electrons. The Morgan fingerprint density at radius 3 is 2.57 bits per heavy atom. The largest absolute Gasteiger partial charge is 0.307 e. The third-order valence-corrected chi connectivity index (χ3v) is 4.72. The van der Waals surface area contributed by atoms with Crippen LogP contribution in [0.5, 0.6) is 0 Å². The number of nitrogens with one attached hydrogen (secondary N) is 1. The summed E-state index contributed by atoms with van der Waals surface area (Å²) in [5.41, 5.74) is 4.08. The van der Waals surface area contributed by atoms with Crippen molar-refractivity contribution in [2.45, 2.75) is 44.7 Å². The smallest absolute Gasteiger partial charge is 0.0408 e. The lowest BCUT2D eigenvalue weighted by Crippen LogP contribution is -2.41. The SMILES string of the molecule is Cc1cccc([C@@H](C)NC2CC(c3cccc(Cl)c3)C2)c1. The maximum atomic E-state index is 6.07. The zero-order valence-electron chi connectivity index (χ0n) is 12.6. The fourth-order valence-corrected chi connectivity index (χ4v) is 3.37. The molecule has 2 aromatic carbocycles. The molecule has 0 radical (unpaired) electrons. The van der Waals surface area contributed by atoms with E-state index in [1.54, 1.807) is 0 Å². The number of benzene rings is 2. The van der Waals surface area contributed by atoms with Crippen molar-refractivity contribution >= 4 is 11.6 Å². The highest BCUT2D eigenvalue weighted by atomic mass is 35.5. The Morgan fingerprint density at radius 2 is 1.86 bits per heavy atom. The lowest BCUT2D eigenvalue weighted by atomic mass is 9.75. The van der Waals surface area contributed by atoms with Gasteiger partial charge in [-0.15, -0.1) is 0 Å². The average molecular weight is 300 g/mol. The summed E-state index contributed by atoms with van der Waals surface area (Å²) in [5, 5.41) is 4.59. The molecule has 1 saturated carbocycles. The molecule has 0 bridgehead atoms. The van der Waals surface area contributed by atoms with Crippen LogP contribution in [0, 0.1) is 6.92 Å². The second-order valence-electron chi connectivity index (χ2n) is 6.22. The summed E-state index contributed by atoms with van der Waals surface area (Å²) in [6, 6.07) is 18.1. The van der Waals surface area contributed by atoms with E-state index in [0.29, 0.717) is 18.0 Å². The van der Waals surface area contributed by atoms with Crippen molar-refractivity contribution in [3.63, 3.8) is 0 Å². The monoisotopic (exact) mass is 299 g/mol. The van der Waals surface area contributed by atoms with Crippen LogP contribution in [-0.2, 0) is 0 Å². The Kier molecular flexibility index (Phi) is 4.32. The van der Waals surface area contributed by atoms with Gasteiger partial charge in [0.2, 0.25) is 0 Å². The fourth-order valence-electron chi connectivity index (χ4n) is 3.18. The normalized spacial score (nSPS) is 22.6. The molecule has 0 saturated heterocycles. The van der Waals surface area contributed by atoms with Crippen LogP contribution in [0.2, 0.25) is 5.02 Å². The summed E-state index contributed by atoms with van der Waals surface area (Å²) in [7, 11) is 0. The fraction of sp³-hybridized carbons (Fsp3) is 0.368. The molecule has 0 aliphatic heterocycles. The predicted molar refractivity (Wildman–Crippen MR) is 89.9 cm³/mol. The van der Waals surface area contributed by atoms with Crippen molar-refractivity contribution in [1.82, 2.24) is 5.32 Å². The molecule has 0 aromatic heterocycles. The van der Waals surface area contributed by atoms with Crippen molar-refractivity contribution in [2.24, 2.45) is 0 Å². The van der Waals surface area contributed by atoms with Crippen LogP contribution < -0.4 is 5.32 Å². The number of halogens is 1. The summed E-state index contributed by atoms with van der Waals surface area (Å²) in [5.74, 6) is 0.658. The first-order chi connectivity index (χ1) is 10.1. The van der Waals surface area contributed by atoms with Gasteiger partial charge in [-0.3, -0.25) is 0 Å². The molecule has 0 spiro atoms. The third-order valence-electron chi connectivity index (χ3n) is 4.49. The van der Waals surface area contributed by atoms with Crippen LogP contribution in [0.1, 0.15) is 48.4 Å². The van der Waals surface area contributed by atoms with E-state index in [1.807, 2.05) is 12.1 Å². The van der Waals surface area contributed by atoms with E-state index in [0.717, 1.165) is 5.02 Å². The highest BCUT2D eigenvalue weighted by Crippen LogP contribution is 2.38. The lowest BCUT2D eigenvalue weighted by molar-refractivity contribution is 0.271. The molecule has 1 fully saturated rings. The zero-order valence-corrected chi connectivity index (χ0v) is 13.4. The van der Waals surface area contributed by atoms with E-state index in [2.05, 4.69) is 55.6 Å². The quantitative estimate of drug-likeness (QED) is 0.813. The van der Waals surface area contributed by atoms with Crippen LogP contribution >= 0.6 is 11.6 Å². The maximum Gasteiger partial charge on any atom is 0.0408 e. The minimum absolute atomic E-state index is 0.412. The summed E-state index contributed by atoms with van der Waals surface area (Å²) in [4.78, 5) is 0. The molecule has 0 amide bonds. The van der Waals surface area contributed by atoms with E-state index in [9.17, 15) is 0 Å². The van der Waals surface area contributed by atoms with Gasteiger partial charge in [0.15, 0.2) is 0 Å². The molecular formula is C19H22ClN. The molecule has 1 aliphatic carbocycles. The van der Waals surface area contributed by atoms with Crippen molar-refractivity contribution in [2.75, 3.05) is 0 Å². The van der Waals surface area contributed by atoms with Crippen LogP contribution in [0.4, 0.5) is 0 Å². The minimum Gasteiger partial charge on any atom is -0.307 e. The molecule has 1 aliphatic rings. The molecule has 2 heteroatoms. The van der Waals surface area contributed by atoms with Gasteiger partial charge in [-0.2, -0.15) is 0 Å². The second-order valence-corrected chi connectivity index (χ2v) is 6.66. The molecule has 1 N–H and O–H groups in total. The van der Waals surface area contributed by atoms with Gasteiger partial charge in [0.1, 0.15) is 0 Å². The van der Waals surface area contributed by atoms with Gasteiger partial charge in [-0.05, 0) is 55.9 Å². The summed E-state index contributed by atoms with van der Waals surface area (Å²) in [6.07, 6.45) is 2.41. The van der Waals surface area contributed by atoms with Crippen molar-refractivity contribution in [1.29, 1.82) is 0 Å². The predicted octanol–water partition coefficient (Wildman–Crippen LogP) is 5.25. The van der Waals surface area contributed by atoms with E-state index < -0.39 is 0 Å². The van der Waals surface area contributed by atoms with Gasteiger partial charge in [0.25, 0.3) is 0 Å². The van der Waals surface area contributed by atoms with Crippen LogP contribution in [0.25, 0.3) is 0 Å². The van der Waals surface area contributed by atoms with Crippen molar-refractivity contribution < 1.29 is 0 Å². The Labute approximate surface area is 132 Å². The van der Waals surface area contributed by atoms with Gasteiger partial charge in [0.05, 0.1) is 0 Å². The van der Waals surface area contributed by atoms with Gasteiger partial charge >= 0.3 is 0 Å². The maximum absolute atomic E-state index is 6.07. The minimum atomic E-state index is 0.412. The van der Waals surface area contributed by atoms with Crippen LogP contribution in [0.3, 0.4) is 0 Å². The van der Waals surface area contributed by atoms with Gasteiger partial charge in [-0.1, -0.05) is 53.6 Å². The molecule has 0 heterocycles. The zero-order chi connectivity index (χ0) is 14.8. The summed E-state index contributed by atoms with van der Waals surface area (Å²) < 4.78 is 0. The van der Waals surface area contributed by atoms with Crippen molar-refractivity contribution in [3.05, 3.63) is 70.2 Å². The average Bonchev–Trinajstić information content (AvgIpc) is 2.42. The van der Waals surface area contributed by atoms with Gasteiger partial charge in [-0.25, -0.2) is 0 Å². The van der Waals surface area contributed by atoms with E-state index in [4.69, 9.17) is 11.6 Å². The molecule has 3 rings (SSSR count).